The SMILES string of the molecule is O=C(NCCc1nc2ccccc2s1)c1ccc2c(c1)CCC2. The highest BCUT2D eigenvalue weighted by Crippen LogP contribution is 2.23. The van der Waals surface area contributed by atoms with Gasteiger partial charge in [-0.2, -0.15) is 0 Å². The van der Waals surface area contributed by atoms with E-state index in [9.17, 15) is 4.79 Å². The fraction of sp³-hybridized carbons (Fsp3) is 0.263. The fourth-order valence-corrected chi connectivity index (χ4v) is 4.09. The molecule has 0 unspecified atom stereocenters. The summed E-state index contributed by atoms with van der Waals surface area (Å²) in [4.78, 5) is 16.9. The minimum atomic E-state index is 0.0146. The van der Waals surface area contributed by atoms with Crippen LogP contribution in [0.4, 0.5) is 0 Å². The summed E-state index contributed by atoms with van der Waals surface area (Å²) >= 11 is 1.70. The molecule has 23 heavy (non-hydrogen) atoms. The maximum Gasteiger partial charge on any atom is 0.251 e. The number of aryl methyl sites for hydroxylation is 2. The van der Waals surface area contributed by atoms with E-state index in [2.05, 4.69) is 28.5 Å². The number of aromatic nitrogens is 1. The van der Waals surface area contributed by atoms with E-state index in [1.165, 1.54) is 22.2 Å². The zero-order chi connectivity index (χ0) is 15.6. The highest BCUT2D eigenvalue weighted by atomic mass is 32.1. The molecule has 1 N–H and O–H groups in total. The highest BCUT2D eigenvalue weighted by molar-refractivity contribution is 7.18. The third kappa shape index (κ3) is 2.99. The second-order valence-electron chi connectivity index (χ2n) is 5.92. The van der Waals surface area contributed by atoms with Crippen molar-refractivity contribution in [2.24, 2.45) is 0 Å². The molecule has 0 saturated carbocycles. The molecule has 1 heterocycles. The van der Waals surface area contributed by atoms with E-state index in [4.69, 9.17) is 0 Å². The Morgan fingerprint density at radius 3 is 2.91 bits per heavy atom. The van der Waals surface area contributed by atoms with E-state index in [0.29, 0.717) is 6.54 Å². The van der Waals surface area contributed by atoms with E-state index < -0.39 is 0 Å². The van der Waals surface area contributed by atoms with Crippen molar-refractivity contribution in [3.63, 3.8) is 0 Å². The van der Waals surface area contributed by atoms with Gasteiger partial charge in [0.15, 0.2) is 0 Å². The van der Waals surface area contributed by atoms with Crippen molar-refractivity contribution in [3.8, 4) is 0 Å². The van der Waals surface area contributed by atoms with Crippen molar-refractivity contribution in [2.75, 3.05) is 6.54 Å². The number of rotatable bonds is 4. The molecule has 3 aromatic rings. The second kappa shape index (κ2) is 6.13. The number of hydrogen-bond donors (Lipinski definition) is 1. The summed E-state index contributed by atoms with van der Waals surface area (Å²) in [6.07, 6.45) is 4.23. The molecule has 0 saturated heterocycles. The van der Waals surface area contributed by atoms with Gasteiger partial charge in [-0.15, -0.1) is 11.3 Å². The van der Waals surface area contributed by atoms with Crippen molar-refractivity contribution < 1.29 is 4.79 Å². The number of benzene rings is 2. The number of amides is 1. The molecule has 0 radical (unpaired) electrons. The molecule has 0 atom stereocenters. The van der Waals surface area contributed by atoms with Crippen LogP contribution in [-0.4, -0.2) is 17.4 Å². The average Bonchev–Trinajstić information content (AvgIpc) is 3.19. The van der Waals surface area contributed by atoms with Crippen LogP contribution < -0.4 is 5.32 Å². The molecule has 0 fully saturated rings. The lowest BCUT2D eigenvalue weighted by molar-refractivity contribution is 0.0954. The zero-order valence-corrected chi connectivity index (χ0v) is 13.7. The first-order valence-electron chi connectivity index (χ1n) is 8.04. The summed E-state index contributed by atoms with van der Waals surface area (Å²) in [5, 5.41) is 4.08. The minimum Gasteiger partial charge on any atom is -0.352 e. The van der Waals surface area contributed by atoms with Crippen LogP contribution in [-0.2, 0) is 19.3 Å². The number of carbonyl (C=O) groups excluding carboxylic acids is 1. The van der Waals surface area contributed by atoms with Gasteiger partial charge in [0.25, 0.3) is 5.91 Å². The van der Waals surface area contributed by atoms with Gasteiger partial charge in [0, 0.05) is 18.5 Å². The normalized spacial score (nSPS) is 13.2. The van der Waals surface area contributed by atoms with Crippen LogP contribution in [0.3, 0.4) is 0 Å². The Bertz CT molecular complexity index is 836. The van der Waals surface area contributed by atoms with Crippen LogP contribution in [0.5, 0.6) is 0 Å². The molecule has 0 spiro atoms. The lowest BCUT2D eigenvalue weighted by Crippen LogP contribution is -2.25. The topological polar surface area (TPSA) is 42.0 Å². The third-order valence-corrected chi connectivity index (χ3v) is 5.42. The molecule has 0 aliphatic heterocycles. The summed E-state index contributed by atoms with van der Waals surface area (Å²) in [5.74, 6) is 0.0146. The Hall–Kier alpha value is -2.20. The van der Waals surface area contributed by atoms with Gasteiger partial charge in [0.1, 0.15) is 0 Å². The minimum absolute atomic E-state index is 0.0146. The van der Waals surface area contributed by atoms with Gasteiger partial charge in [-0.05, 0) is 54.7 Å². The maximum absolute atomic E-state index is 12.3. The number of fused-ring (bicyclic) bond motifs is 2. The van der Waals surface area contributed by atoms with Crippen LogP contribution >= 0.6 is 11.3 Å². The molecule has 4 rings (SSSR count). The molecule has 4 heteroatoms. The van der Waals surface area contributed by atoms with Gasteiger partial charge in [-0.25, -0.2) is 4.98 Å². The molecule has 1 aliphatic carbocycles. The third-order valence-electron chi connectivity index (χ3n) is 4.32. The van der Waals surface area contributed by atoms with Crippen LogP contribution in [0.25, 0.3) is 10.2 Å². The fourth-order valence-electron chi connectivity index (χ4n) is 3.12. The summed E-state index contributed by atoms with van der Waals surface area (Å²) in [6.45, 7) is 0.621. The number of nitrogens with zero attached hydrogens (tertiary/aromatic N) is 1. The molecule has 1 aliphatic rings. The summed E-state index contributed by atoms with van der Waals surface area (Å²) in [6, 6.07) is 14.2. The van der Waals surface area contributed by atoms with Gasteiger partial charge < -0.3 is 5.32 Å². The molecule has 116 valence electrons. The lowest BCUT2D eigenvalue weighted by Gasteiger charge is -2.06. The number of carbonyl (C=O) groups is 1. The second-order valence-corrected chi connectivity index (χ2v) is 7.03. The Balaban J connectivity index is 1.38. The van der Waals surface area contributed by atoms with Crippen molar-refractivity contribution >= 4 is 27.5 Å². The summed E-state index contributed by atoms with van der Waals surface area (Å²) < 4.78 is 1.20. The van der Waals surface area contributed by atoms with E-state index in [1.807, 2.05) is 24.3 Å². The Morgan fingerprint density at radius 2 is 2.00 bits per heavy atom. The Kier molecular flexibility index (Phi) is 3.83. The smallest absolute Gasteiger partial charge is 0.251 e. The number of thiazole rings is 1. The Morgan fingerprint density at radius 1 is 1.13 bits per heavy atom. The van der Waals surface area contributed by atoms with Gasteiger partial charge >= 0.3 is 0 Å². The van der Waals surface area contributed by atoms with E-state index in [0.717, 1.165) is 35.4 Å². The van der Waals surface area contributed by atoms with Crippen molar-refractivity contribution in [2.45, 2.75) is 25.7 Å². The van der Waals surface area contributed by atoms with Gasteiger partial charge in [0.2, 0.25) is 0 Å². The van der Waals surface area contributed by atoms with E-state index >= 15 is 0 Å². The highest BCUT2D eigenvalue weighted by Gasteiger charge is 2.13. The molecule has 1 amide bonds. The number of hydrogen-bond acceptors (Lipinski definition) is 3. The summed E-state index contributed by atoms with van der Waals surface area (Å²) in [5.41, 5.74) is 4.55. The zero-order valence-electron chi connectivity index (χ0n) is 12.8. The van der Waals surface area contributed by atoms with Crippen molar-refractivity contribution in [1.29, 1.82) is 0 Å². The molecule has 1 aromatic heterocycles. The van der Waals surface area contributed by atoms with Crippen LogP contribution in [0, 0.1) is 0 Å². The first-order valence-corrected chi connectivity index (χ1v) is 8.86. The standard InChI is InChI=1S/C19H18N2OS/c22-19(15-9-8-13-4-3-5-14(13)12-15)20-11-10-18-21-16-6-1-2-7-17(16)23-18/h1-2,6-9,12H,3-5,10-11H2,(H,20,22). The number of para-hydroxylation sites is 1. The molecule has 0 bridgehead atoms. The Labute approximate surface area is 139 Å². The molecular weight excluding hydrogens is 304 g/mol. The average molecular weight is 322 g/mol. The first-order chi connectivity index (χ1) is 11.3. The lowest BCUT2D eigenvalue weighted by atomic mass is 10.1. The molecule has 3 nitrogen and oxygen atoms in total. The first kappa shape index (κ1) is 14.4. The predicted octanol–water partition coefficient (Wildman–Crippen LogP) is 3.76. The van der Waals surface area contributed by atoms with Crippen molar-refractivity contribution in [3.05, 3.63) is 64.2 Å². The number of nitrogens with one attached hydrogen (secondary N) is 1. The van der Waals surface area contributed by atoms with Crippen LogP contribution in [0.2, 0.25) is 0 Å². The quantitative estimate of drug-likeness (QED) is 0.795. The van der Waals surface area contributed by atoms with E-state index in [1.54, 1.807) is 11.3 Å². The van der Waals surface area contributed by atoms with Crippen LogP contribution in [0.15, 0.2) is 42.5 Å². The maximum atomic E-state index is 12.3. The summed E-state index contributed by atoms with van der Waals surface area (Å²) in [7, 11) is 0. The monoisotopic (exact) mass is 322 g/mol. The van der Waals surface area contributed by atoms with Crippen molar-refractivity contribution in [1.82, 2.24) is 10.3 Å². The van der Waals surface area contributed by atoms with Crippen LogP contribution in [0.1, 0.15) is 32.9 Å². The van der Waals surface area contributed by atoms with Gasteiger partial charge in [-0.3, -0.25) is 4.79 Å². The molecular formula is C19H18N2OS. The van der Waals surface area contributed by atoms with Gasteiger partial charge in [-0.1, -0.05) is 18.2 Å². The van der Waals surface area contributed by atoms with Gasteiger partial charge in [0.05, 0.1) is 15.2 Å². The molecule has 2 aromatic carbocycles. The largest absolute Gasteiger partial charge is 0.352 e. The van der Waals surface area contributed by atoms with E-state index in [-0.39, 0.29) is 5.91 Å². The predicted molar refractivity (Wildman–Crippen MR) is 94.1 cm³/mol.